The van der Waals surface area contributed by atoms with Gasteiger partial charge in [0.15, 0.2) is 0 Å². The molecule has 0 saturated heterocycles. The highest BCUT2D eigenvalue weighted by Crippen LogP contribution is 2.24. The van der Waals surface area contributed by atoms with Gasteiger partial charge in [0.1, 0.15) is 5.75 Å². The SMILES string of the molecule is CCCC(N)c1ccccc1O.Cl. The number of halogens is 1. The predicted octanol–water partition coefficient (Wildman–Crippen LogP) is 2.61. The van der Waals surface area contributed by atoms with Crippen molar-refractivity contribution >= 4 is 12.4 Å². The van der Waals surface area contributed by atoms with Gasteiger partial charge in [0.25, 0.3) is 0 Å². The average molecular weight is 202 g/mol. The zero-order valence-corrected chi connectivity index (χ0v) is 8.55. The molecule has 74 valence electrons. The van der Waals surface area contributed by atoms with Crippen LogP contribution in [0.2, 0.25) is 0 Å². The number of benzene rings is 1. The van der Waals surface area contributed by atoms with Crippen LogP contribution < -0.4 is 5.73 Å². The van der Waals surface area contributed by atoms with Gasteiger partial charge < -0.3 is 10.8 Å². The van der Waals surface area contributed by atoms with E-state index in [1.807, 2.05) is 12.1 Å². The molecule has 0 aliphatic heterocycles. The third kappa shape index (κ3) is 3.25. The van der Waals surface area contributed by atoms with Gasteiger partial charge in [-0.15, -0.1) is 12.4 Å². The highest BCUT2D eigenvalue weighted by Gasteiger charge is 2.07. The second kappa shape index (κ2) is 5.84. The maximum atomic E-state index is 9.43. The van der Waals surface area contributed by atoms with Crippen molar-refractivity contribution in [2.75, 3.05) is 0 Å². The molecule has 3 heteroatoms. The van der Waals surface area contributed by atoms with Crippen LogP contribution in [0.4, 0.5) is 0 Å². The molecule has 0 heterocycles. The summed E-state index contributed by atoms with van der Waals surface area (Å²) in [5.41, 5.74) is 6.69. The molecule has 1 atom stereocenters. The van der Waals surface area contributed by atoms with E-state index in [-0.39, 0.29) is 18.4 Å². The second-order valence-electron chi connectivity index (χ2n) is 2.95. The average Bonchev–Trinajstić information content (AvgIpc) is 2.05. The van der Waals surface area contributed by atoms with E-state index in [2.05, 4.69) is 6.92 Å². The number of phenols is 1. The summed E-state index contributed by atoms with van der Waals surface area (Å²) in [5.74, 6) is 0.304. The van der Waals surface area contributed by atoms with Crippen molar-refractivity contribution in [3.8, 4) is 5.75 Å². The van der Waals surface area contributed by atoms with E-state index >= 15 is 0 Å². The van der Waals surface area contributed by atoms with Crippen molar-refractivity contribution in [1.29, 1.82) is 0 Å². The molecule has 1 aromatic carbocycles. The third-order valence-corrected chi connectivity index (χ3v) is 1.94. The molecule has 1 unspecified atom stereocenters. The van der Waals surface area contributed by atoms with Gasteiger partial charge in [0.05, 0.1) is 0 Å². The van der Waals surface area contributed by atoms with Gasteiger partial charge in [-0.05, 0) is 12.5 Å². The molecule has 0 radical (unpaired) electrons. The van der Waals surface area contributed by atoms with E-state index in [4.69, 9.17) is 5.73 Å². The minimum atomic E-state index is -0.0313. The number of rotatable bonds is 3. The minimum absolute atomic E-state index is 0. The fourth-order valence-electron chi connectivity index (χ4n) is 1.27. The Balaban J connectivity index is 0.00000144. The second-order valence-corrected chi connectivity index (χ2v) is 2.95. The van der Waals surface area contributed by atoms with Gasteiger partial charge in [-0.2, -0.15) is 0 Å². The van der Waals surface area contributed by atoms with Crippen molar-refractivity contribution in [3.05, 3.63) is 29.8 Å². The van der Waals surface area contributed by atoms with Crippen molar-refractivity contribution in [1.82, 2.24) is 0 Å². The number of hydrogen-bond acceptors (Lipinski definition) is 2. The minimum Gasteiger partial charge on any atom is -0.508 e. The molecule has 0 aliphatic rings. The maximum absolute atomic E-state index is 9.43. The lowest BCUT2D eigenvalue weighted by Crippen LogP contribution is -2.09. The van der Waals surface area contributed by atoms with Crippen molar-refractivity contribution in [3.63, 3.8) is 0 Å². The Bertz CT molecular complexity index is 252. The number of aromatic hydroxyl groups is 1. The highest BCUT2D eigenvalue weighted by atomic mass is 35.5. The molecular formula is C10H16ClNO. The van der Waals surface area contributed by atoms with Crippen LogP contribution in [-0.2, 0) is 0 Å². The van der Waals surface area contributed by atoms with Gasteiger partial charge >= 0.3 is 0 Å². The fourth-order valence-corrected chi connectivity index (χ4v) is 1.27. The summed E-state index contributed by atoms with van der Waals surface area (Å²) in [6.07, 6.45) is 1.95. The summed E-state index contributed by atoms with van der Waals surface area (Å²) in [6.45, 7) is 2.08. The smallest absolute Gasteiger partial charge is 0.120 e. The van der Waals surface area contributed by atoms with E-state index in [1.54, 1.807) is 12.1 Å². The molecule has 1 rings (SSSR count). The molecule has 0 saturated carbocycles. The maximum Gasteiger partial charge on any atom is 0.120 e. The lowest BCUT2D eigenvalue weighted by atomic mass is 10.0. The Kier molecular flexibility index (Phi) is 5.51. The topological polar surface area (TPSA) is 46.2 Å². The zero-order chi connectivity index (χ0) is 8.97. The lowest BCUT2D eigenvalue weighted by Gasteiger charge is -2.11. The first-order valence-electron chi connectivity index (χ1n) is 4.29. The predicted molar refractivity (Wildman–Crippen MR) is 57.2 cm³/mol. The van der Waals surface area contributed by atoms with Crippen LogP contribution in [0.15, 0.2) is 24.3 Å². The van der Waals surface area contributed by atoms with Crippen LogP contribution in [-0.4, -0.2) is 5.11 Å². The Labute approximate surface area is 85.2 Å². The van der Waals surface area contributed by atoms with Crippen LogP contribution in [0, 0.1) is 0 Å². The van der Waals surface area contributed by atoms with Crippen LogP contribution in [0.5, 0.6) is 5.75 Å². The first-order valence-corrected chi connectivity index (χ1v) is 4.29. The summed E-state index contributed by atoms with van der Waals surface area (Å²) < 4.78 is 0. The summed E-state index contributed by atoms with van der Waals surface area (Å²) in [7, 11) is 0. The molecule has 0 aromatic heterocycles. The first kappa shape index (κ1) is 12.3. The third-order valence-electron chi connectivity index (χ3n) is 1.94. The van der Waals surface area contributed by atoms with Crippen molar-refractivity contribution in [2.45, 2.75) is 25.8 Å². The van der Waals surface area contributed by atoms with Crippen LogP contribution in [0.25, 0.3) is 0 Å². The van der Waals surface area contributed by atoms with Gasteiger partial charge in [0.2, 0.25) is 0 Å². The zero-order valence-electron chi connectivity index (χ0n) is 7.73. The summed E-state index contributed by atoms with van der Waals surface area (Å²) >= 11 is 0. The molecule has 13 heavy (non-hydrogen) atoms. The van der Waals surface area contributed by atoms with E-state index < -0.39 is 0 Å². The van der Waals surface area contributed by atoms with Gasteiger partial charge in [-0.1, -0.05) is 31.5 Å². The number of para-hydroxylation sites is 1. The first-order chi connectivity index (χ1) is 5.75. The van der Waals surface area contributed by atoms with E-state index in [0.29, 0.717) is 5.75 Å². The van der Waals surface area contributed by atoms with Crippen molar-refractivity contribution < 1.29 is 5.11 Å². The molecule has 0 aliphatic carbocycles. The van der Waals surface area contributed by atoms with E-state index in [1.165, 1.54) is 0 Å². The van der Waals surface area contributed by atoms with Crippen molar-refractivity contribution in [2.24, 2.45) is 5.73 Å². The van der Waals surface area contributed by atoms with Gasteiger partial charge in [-0.3, -0.25) is 0 Å². The monoisotopic (exact) mass is 201 g/mol. The van der Waals surface area contributed by atoms with Crippen LogP contribution >= 0.6 is 12.4 Å². The Morgan fingerprint density at radius 3 is 2.54 bits per heavy atom. The number of nitrogens with two attached hydrogens (primary N) is 1. The molecule has 3 N–H and O–H groups in total. The molecule has 0 fully saturated rings. The molecule has 0 spiro atoms. The Hall–Kier alpha value is -0.730. The number of hydrogen-bond donors (Lipinski definition) is 2. The largest absolute Gasteiger partial charge is 0.508 e. The number of phenolic OH excluding ortho intramolecular Hbond substituents is 1. The Morgan fingerprint density at radius 1 is 1.38 bits per heavy atom. The Morgan fingerprint density at radius 2 is 2.00 bits per heavy atom. The van der Waals surface area contributed by atoms with Gasteiger partial charge in [0, 0.05) is 11.6 Å². The lowest BCUT2D eigenvalue weighted by molar-refractivity contribution is 0.458. The molecule has 0 amide bonds. The van der Waals surface area contributed by atoms with E-state index in [9.17, 15) is 5.11 Å². The van der Waals surface area contributed by atoms with Gasteiger partial charge in [-0.25, -0.2) is 0 Å². The summed E-state index contributed by atoms with van der Waals surface area (Å²) in [5, 5.41) is 9.43. The summed E-state index contributed by atoms with van der Waals surface area (Å²) in [6, 6.07) is 7.21. The molecule has 0 bridgehead atoms. The van der Waals surface area contributed by atoms with Crippen LogP contribution in [0.3, 0.4) is 0 Å². The molecule has 1 aromatic rings. The fraction of sp³-hybridized carbons (Fsp3) is 0.400. The van der Waals surface area contributed by atoms with Crippen LogP contribution in [0.1, 0.15) is 31.4 Å². The standard InChI is InChI=1S/C10H15NO.ClH/c1-2-5-9(11)8-6-3-4-7-10(8)12;/h3-4,6-7,9,12H,2,5,11H2,1H3;1H. The normalized spacial score (nSPS) is 11.8. The summed E-state index contributed by atoms with van der Waals surface area (Å²) in [4.78, 5) is 0. The quantitative estimate of drug-likeness (QED) is 0.790. The van der Waals surface area contributed by atoms with E-state index in [0.717, 1.165) is 18.4 Å². The molecular weight excluding hydrogens is 186 g/mol. The highest BCUT2D eigenvalue weighted by molar-refractivity contribution is 5.85. The molecule has 2 nitrogen and oxygen atoms in total.